The third kappa shape index (κ3) is 2.41. The van der Waals surface area contributed by atoms with E-state index in [4.69, 9.17) is 9.52 Å². The number of aliphatic hydroxyl groups is 1. The Kier molecular flexibility index (Phi) is 3.12. The highest BCUT2D eigenvalue weighted by Gasteiger charge is 2.26. The van der Waals surface area contributed by atoms with Crippen LogP contribution in [-0.4, -0.2) is 22.6 Å². The van der Waals surface area contributed by atoms with Crippen molar-refractivity contribution in [2.24, 2.45) is 5.92 Å². The molecule has 2 heterocycles. The number of hydrogen-bond acceptors (Lipinski definition) is 3. The first-order valence-corrected chi connectivity index (χ1v) is 5.61. The quantitative estimate of drug-likeness (QED) is 0.827. The van der Waals surface area contributed by atoms with Crippen LogP contribution in [0.15, 0.2) is 16.5 Å². The summed E-state index contributed by atoms with van der Waals surface area (Å²) >= 11 is 0. The Morgan fingerprint density at radius 2 is 2.13 bits per heavy atom. The highest BCUT2D eigenvalue weighted by Crippen LogP contribution is 2.24. The van der Waals surface area contributed by atoms with Gasteiger partial charge in [0, 0.05) is 12.6 Å². The van der Waals surface area contributed by atoms with Gasteiger partial charge < -0.3 is 9.52 Å². The van der Waals surface area contributed by atoms with E-state index in [-0.39, 0.29) is 6.61 Å². The van der Waals surface area contributed by atoms with Crippen LogP contribution in [0.1, 0.15) is 31.8 Å². The van der Waals surface area contributed by atoms with Crippen molar-refractivity contribution in [3.05, 3.63) is 23.7 Å². The maximum atomic E-state index is 8.90. The molecule has 1 aromatic rings. The number of rotatable bonds is 3. The standard InChI is InChI=1S/C12H19NO2/c1-9-5-10(2)13(6-9)7-11-3-4-12(8-14)15-11/h3-4,9-10,14H,5-8H2,1-2H3. The second kappa shape index (κ2) is 4.37. The van der Waals surface area contributed by atoms with Crippen molar-refractivity contribution in [3.8, 4) is 0 Å². The van der Waals surface area contributed by atoms with Crippen LogP contribution in [0.3, 0.4) is 0 Å². The van der Waals surface area contributed by atoms with Crippen molar-refractivity contribution in [1.29, 1.82) is 0 Å². The molecule has 1 aromatic heterocycles. The van der Waals surface area contributed by atoms with Gasteiger partial charge in [0.25, 0.3) is 0 Å². The summed E-state index contributed by atoms with van der Waals surface area (Å²) in [5, 5.41) is 8.90. The molecule has 1 saturated heterocycles. The Balaban J connectivity index is 1.96. The number of hydrogen-bond donors (Lipinski definition) is 1. The highest BCUT2D eigenvalue weighted by atomic mass is 16.4. The molecular weight excluding hydrogens is 190 g/mol. The van der Waals surface area contributed by atoms with E-state index in [1.807, 2.05) is 12.1 Å². The molecular formula is C12H19NO2. The lowest BCUT2D eigenvalue weighted by Gasteiger charge is -2.19. The van der Waals surface area contributed by atoms with Gasteiger partial charge >= 0.3 is 0 Å². The first-order chi connectivity index (χ1) is 7.19. The molecule has 1 N–H and O–H groups in total. The van der Waals surface area contributed by atoms with Gasteiger partial charge in [-0.25, -0.2) is 0 Å². The van der Waals surface area contributed by atoms with Gasteiger partial charge in [-0.3, -0.25) is 4.90 Å². The molecule has 2 unspecified atom stereocenters. The molecule has 0 radical (unpaired) electrons. The van der Waals surface area contributed by atoms with Gasteiger partial charge in [0.15, 0.2) is 0 Å². The zero-order chi connectivity index (χ0) is 10.8. The summed E-state index contributed by atoms with van der Waals surface area (Å²) in [4.78, 5) is 2.44. The Hall–Kier alpha value is -0.800. The van der Waals surface area contributed by atoms with Crippen LogP contribution < -0.4 is 0 Å². The van der Waals surface area contributed by atoms with Gasteiger partial charge in [0.2, 0.25) is 0 Å². The SMILES string of the molecule is CC1CC(C)N(Cc2ccc(CO)o2)C1. The van der Waals surface area contributed by atoms with Crippen LogP contribution in [0.2, 0.25) is 0 Å². The van der Waals surface area contributed by atoms with E-state index in [0.717, 1.165) is 24.8 Å². The summed E-state index contributed by atoms with van der Waals surface area (Å²) in [6.07, 6.45) is 1.27. The van der Waals surface area contributed by atoms with Crippen molar-refractivity contribution in [2.75, 3.05) is 6.54 Å². The van der Waals surface area contributed by atoms with Crippen LogP contribution in [-0.2, 0) is 13.2 Å². The minimum absolute atomic E-state index is 0.00798. The lowest BCUT2D eigenvalue weighted by molar-refractivity contribution is 0.214. The number of furan rings is 1. The van der Waals surface area contributed by atoms with Crippen molar-refractivity contribution < 1.29 is 9.52 Å². The maximum absolute atomic E-state index is 8.90. The fourth-order valence-corrected chi connectivity index (χ4v) is 2.40. The monoisotopic (exact) mass is 209 g/mol. The minimum atomic E-state index is -0.00798. The van der Waals surface area contributed by atoms with E-state index < -0.39 is 0 Å². The average Bonchev–Trinajstić information content (AvgIpc) is 2.75. The smallest absolute Gasteiger partial charge is 0.129 e. The molecule has 84 valence electrons. The van der Waals surface area contributed by atoms with Crippen LogP contribution in [0.5, 0.6) is 0 Å². The zero-order valence-electron chi connectivity index (χ0n) is 9.44. The molecule has 1 aliphatic rings. The molecule has 0 amide bonds. The molecule has 0 aromatic carbocycles. The molecule has 0 spiro atoms. The van der Waals surface area contributed by atoms with E-state index in [1.54, 1.807) is 0 Å². The van der Waals surface area contributed by atoms with Crippen molar-refractivity contribution >= 4 is 0 Å². The highest BCUT2D eigenvalue weighted by molar-refractivity contribution is 5.06. The molecule has 15 heavy (non-hydrogen) atoms. The Labute approximate surface area is 90.7 Å². The maximum Gasteiger partial charge on any atom is 0.129 e. The van der Waals surface area contributed by atoms with E-state index in [1.165, 1.54) is 6.42 Å². The fourth-order valence-electron chi connectivity index (χ4n) is 2.40. The Bertz CT molecular complexity index is 321. The van der Waals surface area contributed by atoms with Crippen molar-refractivity contribution in [2.45, 2.75) is 39.5 Å². The van der Waals surface area contributed by atoms with E-state index >= 15 is 0 Å². The van der Waals surface area contributed by atoms with Crippen molar-refractivity contribution in [3.63, 3.8) is 0 Å². The minimum Gasteiger partial charge on any atom is -0.462 e. The average molecular weight is 209 g/mol. The summed E-state index contributed by atoms with van der Waals surface area (Å²) in [6, 6.07) is 4.45. The van der Waals surface area contributed by atoms with Crippen LogP contribution in [0, 0.1) is 5.92 Å². The number of nitrogens with zero attached hydrogens (tertiary/aromatic N) is 1. The summed E-state index contributed by atoms with van der Waals surface area (Å²) < 4.78 is 5.49. The molecule has 1 fully saturated rings. The summed E-state index contributed by atoms with van der Waals surface area (Å²) in [7, 11) is 0. The molecule has 2 rings (SSSR count). The molecule has 0 aliphatic carbocycles. The molecule has 2 atom stereocenters. The summed E-state index contributed by atoms with van der Waals surface area (Å²) in [5.41, 5.74) is 0. The summed E-state index contributed by atoms with van der Waals surface area (Å²) in [5.74, 6) is 2.40. The van der Waals surface area contributed by atoms with Crippen LogP contribution in [0.25, 0.3) is 0 Å². The molecule has 3 nitrogen and oxygen atoms in total. The molecule has 0 bridgehead atoms. The van der Waals surface area contributed by atoms with Gasteiger partial charge in [-0.1, -0.05) is 6.92 Å². The first kappa shape index (κ1) is 10.7. The van der Waals surface area contributed by atoms with Crippen molar-refractivity contribution in [1.82, 2.24) is 4.90 Å². The van der Waals surface area contributed by atoms with Gasteiger partial charge in [-0.15, -0.1) is 0 Å². The number of aliphatic hydroxyl groups excluding tert-OH is 1. The third-order valence-electron chi connectivity index (χ3n) is 3.15. The van der Waals surface area contributed by atoms with E-state index in [9.17, 15) is 0 Å². The lowest BCUT2D eigenvalue weighted by Crippen LogP contribution is -2.26. The molecule has 0 saturated carbocycles. The van der Waals surface area contributed by atoms with Gasteiger partial charge in [0.05, 0.1) is 6.54 Å². The van der Waals surface area contributed by atoms with Gasteiger partial charge in [-0.2, -0.15) is 0 Å². The second-order valence-corrected chi connectivity index (χ2v) is 4.65. The second-order valence-electron chi connectivity index (χ2n) is 4.65. The topological polar surface area (TPSA) is 36.6 Å². The first-order valence-electron chi connectivity index (χ1n) is 5.61. The van der Waals surface area contributed by atoms with Gasteiger partial charge in [0.1, 0.15) is 18.1 Å². The zero-order valence-corrected chi connectivity index (χ0v) is 9.44. The third-order valence-corrected chi connectivity index (χ3v) is 3.15. The fraction of sp³-hybridized carbons (Fsp3) is 0.667. The van der Waals surface area contributed by atoms with E-state index in [2.05, 4.69) is 18.7 Å². The Morgan fingerprint density at radius 1 is 1.40 bits per heavy atom. The number of likely N-dealkylation sites (tertiary alicyclic amines) is 1. The largest absolute Gasteiger partial charge is 0.462 e. The predicted molar refractivity (Wildman–Crippen MR) is 58.3 cm³/mol. The predicted octanol–water partition coefficient (Wildman–Crippen LogP) is 2.00. The normalized spacial score (nSPS) is 27.4. The Morgan fingerprint density at radius 3 is 2.67 bits per heavy atom. The van der Waals surface area contributed by atoms with Crippen LogP contribution in [0.4, 0.5) is 0 Å². The molecule has 3 heteroatoms. The molecule has 1 aliphatic heterocycles. The van der Waals surface area contributed by atoms with Crippen LogP contribution >= 0.6 is 0 Å². The van der Waals surface area contributed by atoms with Gasteiger partial charge in [-0.05, 0) is 31.4 Å². The lowest BCUT2D eigenvalue weighted by atomic mass is 10.1. The van der Waals surface area contributed by atoms with E-state index in [0.29, 0.717) is 11.8 Å². The summed E-state index contributed by atoms with van der Waals surface area (Å²) in [6.45, 7) is 6.56.